The van der Waals surface area contributed by atoms with Gasteiger partial charge in [-0.15, -0.1) is 0 Å². The first-order valence-corrected chi connectivity index (χ1v) is 8.78. The van der Waals surface area contributed by atoms with Gasteiger partial charge in [0.1, 0.15) is 5.82 Å². The quantitative estimate of drug-likeness (QED) is 0.507. The van der Waals surface area contributed by atoms with Crippen LogP contribution in [0, 0.1) is 5.82 Å². The number of rotatable bonds is 4. The molecule has 0 saturated carbocycles. The van der Waals surface area contributed by atoms with Crippen LogP contribution in [0.25, 0.3) is 0 Å². The summed E-state index contributed by atoms with van der Waals surface area (Å²) in [6.45, 7) is 1.02. The third-order valence-corrected chi connectivity index (χ3v) is 5.23. The Hall–Kier alpha value is -2.80. The van der Waals surface area contributed by atoms with Gasteiger partial charge >= 0.3 is 0 Å². The number of benzene rings is 2. The first-order chi connectivity index (χ1) is 13.1. The molecule has 1 atom stereocenters. The number of likely N-dealkylation sites (N-methyl/N-ethyl adjacent to an activating group) is 1. The van der Waals surface area contributed by atoms with Gasteiger partial charge in [-0.25, -0.2) is 4.39 Å². The second kappa shape index (κ2) is 7.08. The molecular weight excluding hydrogens is 351 g/mol. The summed E-state index contributed by atoms with van der Waals surface area (Å²) in [5, 5.41) is 13.1. The topological polar surface area (TPSA) is 63.5 Å². The Balaban J connectivity index is 1.75. The predicted octanol–water partition coefficient (Wildman–Crippen LogP) is 3.36. The van der Waals surface area contributed by atoms with E-state index in [0.717, 1.165) is 24.1 Å². The number of nitrogens with zero attached hydrogens (tertiary/aromatic N) is 2. The highest BCUT2D eigenvalue weighted by molar-refractivity contribution is 6.00. The maximum absolute atomic E-state index is 13.2. The number of fused-ring (bicyclic) bond motifs is 2. The van der Waals surface area contributed by atoms with Gasteiger partial charge in [-0.1, -0.05) is 17.3 Å². The number of oxime groups is 1. The fraction of sp³-hybridized carbons (Fsp3) is 0.350. The Kier molecular flexibility index (Phi) is 4.61. The van der Waals surface area contributed by atoms with Crippen LogP contribution >= 0.6 is 0 Å². The van der Waals surface area contributed by atoms with Gasteiger partial charge in [0.2, 0.25) is 12.5 Å². The molecule has 1 unspecified atom stereocenters. The van der Waals surface area contributed by atoms with Crippen molar-refractivity contribution >= 4 is 5.71 Å². The van der Waals surface area contributed by atoms with Crippen LogP contribution in [0.1, 0.15) is 29.2 Å². The van der Waals surface area contributed by atoms with Crippen molar-refractivity contribution in [1.82, 2.24) is 4.90 Å². The summed E-state index contributed by atoms with van der Waals surface area (Å²) in [5.41, 5.74) is 3.31. The van der Waals surface area contributed by atoms with Gasteiger partial charge in [0.05, 0.1) is 12.8 Å². The average molecular weight is 372 g/mol. The lowest BCUT2D eigenvalue weighted by Crippen LogP contribution is -2.34. The van der Waals surface area contributed by atoms with Crippen molar-refractivity contribution in [2.24, 2.45) is 5.16 Å². The number of methoxy groups -OCH3 is 1. The van der Waals surface area contributed by atoms with Crippen molar-refractivity contribution in [3.05, 3.63) is 52.8 Å². The molecule has 0 aliphatic carbocycles. The molecule has 142 valence electrons. The third kappa shape index (κ3) is 3.08. The Morgan fingerprint density at radius 3 is 2.81 bits per heavy atom. The molecule has 0 spiro atoms. The number of halogens is 1. The lowest BCUT2D eigenvalue weighted by Gasteiger charge is -2.36. The fourth-order valence-corrected chi connectivity index (χ4v) is 3.82. The van der Waals surface area contributed by atoms with E-state index >= 15 is 0 Å². The molecule has 2 aliphatic rings. The minimum Gasteiger partial charge on any atom is -0.492 e. The van der Waals surface area contributed by atoms with Gasteiger partial charge in [0, 0.05) is 24.6 Å². The van der Waals surface area contributed by atoms with Gasteiger partial charge in [-0.2, -0.15) is 0 Å². The Morgan fingerprint density at radius 2 is 2.11 bits per heavy atom. The number of hydrogen-bond acceptors (Lipinski definition) is 6. The summed E-state index contributed by atoms with van der Waals surface area (Å²) in [7, 11) is 3.64. The molecule has 0 bridgehead atoms. The minimum absolute atomic E-state index is 0.0749. The van der Waals surface area contributed by atoms with Crippen LogP contribution in [0.5, 0.6) is 17.2 Å². The van der Waals surface area contributed by atoms with E-state index in [1.807, 2.05) is 13.1 Å². The van der Waals surface area contributed by atoms with Gasteiger partial charge < -0.3 is 19.4 Å². The Labute approximate surface area is 156 Å². The zero-order valence-electron chi connectivity index (χ0n) is 15.2. The van der Waals surface area contributed by atoms with Crippen molar-refractivity contribution in [3.63, 3.8) is 0 Å². The van der Waals surface area contributed by atoms with Crippen LogP contribution in [0.4, 0.5) is 4.39 Å². The molecule has 2 aliphatic heterocycles. The predicted molar refractivity (Wildman–Crippen MR) is 97.5 cm³/mol. The number of ether oxygens (including phenoxy) is 3. The van der Waals surface area contributed by atoms with E-state index in [4.69, 9.17) is 14.2 Å². The Bertz CT molecular complexity index is 883. The van der Waals surface area contributed by atoms with E-state index in [1.54, 1.807) is 19.2 Å². The van der Waals surface area contributed by atoms with E-state index in [9.17, 15) is 9.60 Å². The fourth-order valence-electron chi connectivity index (χ4n) is 3.82. The van der Waals surface area contributed by atoms with Crippen LogP contribution in [0.2, 0.25) is 0 Å². The molecule has 2 heterocycles. The molecule has 0 saturated heterocycles. The standard InChI is InChI=1S/C20H21FN2O4/c1-23-8-7-13-9-17-19(27-11-26-17)20(25-2)18(13)16(23)10-15(22-24)12-3-5-14(21)6-4-12/h3-6,9,16,24H,7-8,10-11H2,1-2H3/b22-15-. The van der Waals surface area contributed by atoms with E-state index in [-0.39, 0.29) is 18.7 Å². The van der Waals surface area contributed by atoms with Crippen LogP contribution in [-0.4, -0.2) is 43.3 Å². The molecule has 7 heteroatoms. The second-order valence-corrected chi connectivity index (χ2v) is 6.72. The van der Waals surface area contributed by atoms with Crippen molar-refractivity contribution < 1.29 is 23.8 Å². The molecule has 2 aromatic rings. The Morgan fingerprint density at radius 1 is 1.33 bits per heavy atom. The molecule has 27 heavy (non-hydrogen) atoms. The summed E-state index contributed by atoms with van der Waals surface area (Å²) >= 11 is 0. The van der Waals surface area contributed by atoms with Gasteiger partial charge in [0.25, 0.3) is 0 Å². The summed E-state index contributed by atoms with van der Waals surface area (Å²) in [6, 6.07) is 7.88. The van der Waals surface area contributed by atoms with Gasteiger partial charge in [0.15, 0.2) is 11.5 Å². The largest absolute Gasteiger partial charge is 0.492 e. The SMILES string of the molecule is COc1c2c(cc3c1C(C/C(=N/O)c1ccc(F)cc1)N(C)CC3)OCO2. The first-order valence-electron chi connectivity index (χ1n) is 8.78. The summed E-state index contributed by atoms with van der Waals surface area (Å²) in [5.74, 6) is 1.64. The van der Waals surface area contributed by atoms with E-state index in [1.165, 1.54) is 12.1 Å². The van der Waals surface area contributed by atoms with Crippen molar-refractivity contribution in [2.45, 2.75) is 18.9 Å². The summed E-state index contributed by atoms with van der Waals surface area (Å²) < 4.78 is 30.1. The second-order valence-electron chi connectivity index (χ2n) is 6.72. The summed E-state index contributed by atoms with van der Waals surface area (Å²) in [6.07, 6.45) is 1.30. The van der Waals surface area contributed by atoms with Gasteiger partial charge in [-0.05, 0) is 42.8 Å². The number of hydrogen-bond donors (Lipinski definition) is 1. The highest BCUT2D eigenvalue weighted by atomic mass is 19.1. The molecular formula is C20H21FN2O4. The smallest absolute Gasteiger partial charge is 0.231 e. The highest BCUT2D eigenvalue weighted by Crippen LogP contribution is 2.50. The van der Waals surface area contributed by atoms with Crippen LogP contribution < -0.4 is 14.2 Å². The van der Waals surface area contributed by atoms with Crippen LogP contribution in [-0.2, 0) is 6.42 Å². The first kappa shape index (κ1) is 17.6. The molecule has 0 radical (unpaired) electrons. The van der Waals surface area contributed by atoms with E-state index in [0.29, 0.717) is 34.9 Å². The lowest BCUT2D eigenvalue weighted by molar-refractivity contribution is 0.170. The molecule has 0 amide bonds. The normalized spacial score (nSPS) is 19.1. The zero-order chi connectivity index (χ0) is 19.0. The van der Waals surface area contributed by atoms with Crippen molar-refractivity contribution in [1.29, 1.82) is 0 Å². The third-order valence-electron chi connectivity index (χ3n) is 5.23. The monoisotopic (exact) mass is 372 g/mol. The minimum atomic E-state index is -0.328. The lowest BCUT2D eigenvalue weighted by atomic mass is 9.87. The molecule has 2 aromatic carbocycles. The molecule has 0 aromatic heterocycles. The van der Waals surface area contributed by atoms with Crippen molar-refractivity contribution in [3.8, 4) is 17.2 Å². The summed E-state index contributed by atoms with van der Waals surface area (Å²) in [4.78, 5) is 2.20. The van der Waals surface area contributed by atoms with Gasteiger partial charge in [-0.3, -0.25) is 4.90 Å². The molecule has 4 rings (SSSR count). The average Bonchev–Trinajstić information content (AvgIpc) is 3.15. The maximum Gasteiger partial charge on any atom is 0.231 e. The van der Waals surface area contributed by atoms with Crippen LogP contribution in [0.3, 0.4) is 0 Å². The molecule has 6 nitrogen and oxygen atoms in total. The van der Waals surface area contributed by atoms with E-state index < -0.39 is 0 Å². The maximum atomic E-state index is 13.2. The molecule has 1 N–H and O–H groups in total. The van der Waals surface area contributed by atoms with Crippen LogP contribution in [0.15, 0.2) is 35.5 Å². The zero-order valence-corrected chi connectivity index (χ0v) is 15.2. The van der Waals surface area contributed by atoms with Crippen molar-refractivity contribution in [2.75, 3.05) is 27.5 Å². The highest BCUT2D eigenvalue weighted by Gasteiger charge is 2.34. The van der Waals surface area contributed by atoms with E-state index in [2.05, 4.69) is 10.1 Å². The molecule has 0 fully saturated rings.